The standard InChI is InChI=1S/C15H23FN2O2S/c1-11-14(16)8-13(10-17)9-15(11)21(19,20)18-7-6-12-4-2-3-5-12/h8-9,12,18H,2-7,10,17H2,1H3. The molecule has 1 aliphatic rings. The summed E-state index contributed by atoms with van der Waals surface area (Å²) in [5.41, 5.74) is 6.10. The minimum Gasteiger partial charge on any atom is -0.326 e. The van der Waals surface area contributed by atoms with Gasteiger partial charge in [-0.3, -0.25) is 0 Å². The largest absolute Gasteiger partial charge is 0.326 e. The quantitative estimate of drug-likeness (QED) is 0.847. The molecule has 0 heterocycles. The maximum absolute atomic E-state index is 13.8. The SMILES string of the molecule is Cc1c(F)cc(CN)cc1S(=O)(=O)NCCC1CCCC1. The first-order valence-corrected chi connectivity index (χ1v) is 8.91. The Morgan fingerprint density at radius 1 is 1.33 bits per heavy atom. The molecule has 6 heteroatoms. The average Bonchev–Trinajstić information content (AvgIpc) is 2.94. The van der Waals surface area contributed by atoms with E-state index in [0.717, 1.165) is 6.42 Å². The van der Waals surface area contributed by atoms with Crippen LogP contribution < -0.4 is 10.5 Å². The van der Waals surface area contributed by atoms with Crippen LogP contribution in [0.3, 0.4) is 0 Å². The first-order valence-electron chi connectivity index (χ1n) is 7.43. The highest BCUT2D eigenvalue weighted by Crippen LogP contribution is 2.27. The first-order chi connectivity index (χ1) is 9.94. The second kappa shape index (κ2) is 6.85. The molecule has 2 rings (SSSR count). The zero-order valence-electron chi connectivity index (χ0n) is 12.4. The lowest BCUT2D eigenvalue weighted by Gasteiger charge is -2.13. The smallest absolute Gasteiger partial charge is 0.240 e. The number of hydrogen-bond acceptors (Lipinski definition) is 3. The minimum absolute atomic E-state index is 0.00521. The Morgan fingerprint density at radius 3 is 2.62 bits per heavy atom. The molecule has 0 saturated heterocycles. The molecule has 3 N–H and O–H groups in total. The van der Waals surface area contributed by atoms with Gasteiger partial charge in [-0.25, -0.2) is 17.5 Å². The van der Waals surface area contributed by atoms with Gasteiger partial charge in [0.25, 0.3) is 0 Å². The highest BCUT2D eigenvalue weighted by Gasteiger charge is 2.21. The maximum Gasteiger partial charge on any atom is 0.240 e. The van der Waals surface area contributed by atoms with Gasteiger partial charge in [0.15, 0.2) is 0 Å². The monoisotopic (exact) mass is 314 g/mol. The Hall–Kier alpha value is -0.980. The molecule has 0 spiro atoms. The van der Waals surface area contributed by atoms with Crippen molar-refractivity contribution < 1.29 is 12.8 Å². The Labute approximate surface area is 126 Å². The van der Waals surface area contributed by atoms with Gasteiger partial charge >= 0.3 is 0 Å². The molecule has 0 aliphatic heterocycles. The van der Waals surface area contributed by atoms with Gasteiger partial charge in [-0.1, -0.05) is 25.7 Å². The van der Waals surface area contributed by atoms with Crippen LogP contribution in [0.15, 0.2) is 17.0 Å². The van der Waals surface area contributed by atoms with Crippen molar-refractivity contribution in [1.82, 2.24) is 4.72 Å². The highest BCUT2D eigenvalue weighted by atomic mass is 32.2. The van der Waals surface area contributed by atoms with E-state index in [1.54, 1.807) is 0 Å². The van der Waals surface area contributed by atoms with Crippen LogP contribution in [0.2, 0.25) is 0 Å². The van der Waals surface area contributed by atoms with E-state index in [1.165, 1.54) is 44.7 Å². The van der Waals surface area contributed by atoms with Gasteiger partial charge in [0, 0.05) is 18.7 Å². The van der Waals surface area contributed by atoms with Crippen LogP contribution in [0.1, 0.15) is 43.2 Å². The van der Waals surface area contributed by atoms with E-state index in [9.17, 15) is 12.8 Å². The summed E-state index contributed by atoms with van der Waals surface area (Å²) in [6.07, 6.45) is 5.67. The van der Waals surface area contributed by atoms with Crippen LogP contribution in [-0.2, 0) is 16.6 Å². The molecule has 21 heavy (non-hydrogen) atoms. The number of halogens is 1. The van der Waals surface area contributed by atoms with Crippen LogP contribution in [0.5, 0.6) is 0 Å². The van der Waals surface area contributed by atoms with Crippen LogP contribution in [0.25, 0.3) is 0 Å². The summed E-state index contributed by atoms with van der Waals surface area (Å²) in [5.74, 6) is 0.0787. The van der Waals surface area contributed by atoms with Crippen LogP contribution in [0, 0.1) is 18.7 Å². The summed E-state index contributed by atoms with van der Waals surface area (Å²) >= 11 is 0. The minimum atomic E-state index is -3.68. The third-order valence-corrected chi connectivity index (χ3v) is 5.79. The predicted octanol–water partition coefficient (Wildman–Crippen LogP) is 2.45. The van der Waals surface area contributed by atoms with Gasteiger partial charge in [0.05, 0.1) is 4.90 Å². The summed E-state index contributed by atoms with van der Waals surface area (Å²) in [7, 11) is -3.68. The first kappa shape index (κ1) is 16.4. The molecule has 0 unspecified atom stereocenters. The second-order valence-electron chi connectivity index (χ2n) is 5.74. The number of nitrogens with two attached hydrogens (primary N) is 1. The van der Waals surface area contributed by atoms with Crippen molar-refractivity contribution in [3.05, 3.63) is 29.1 Å². The van der Waals surface area contributed by atoms with E-state index < -0.39 is 15.8 Å². The van der Waals surface area contributed by atoms with Crippen molar-refractivity contribution in [3.63, 3.8) is 0 Å². The zero-order valence-corrected chi connectivity index (χ0v) is 13.2. The van der Waals surface area contributed by atoms with Gasteiger partial charge in [-0.15, -0.1) is 0 Å². The van der Waals surface area contributed by atoms with Crippen LogP contribution in [0.4, 0.5) is 4.39 Å². The van der Waals surface area contributed by atoms with Crippen molar-refractivity contribution in [3.8, 4) is 0 Å². The van der Waals surface area contributed by atoms with Crippen molar-refractivity contribution in [1.29, 1.82) is 0 Å². The Kier molecular flexibility index (Phi) is 5.35. The van der Waals surface area contributed by atoms with Gasteiger partial charge < -0.3 is 5.73 Å². The number of benzene rings is 1. The average molecular weight is 314 g/mol. The number of nitrogens with one attached hydrogen (secondary N) is 1. The van der Waals surface area contributed by atoms with Crippen molar-refractivity contribution in [2.75, 3.05) is 6.54 Å². The van der Waals surface area contributed by atoms with Gasteiger partial charge in [-0.2, -0.15) is 0 Å². The molecule has 1 fully saturated rings. The molecular formula is C15H23FN2O2S. The summed E-state index contributed by atoms with van der Waals surface area (Å²) in [6.45, 7) is 1.99. The normalized spacial score (nSPS) is 16.5. The van der Waals surface area contributed by atoms with Gasteiger partial charge in [-0.05, 0) is 37.0 Å². The van der Waals surface area contributed by atoms with Crippen molar-refractivity contribution in [2.45, 2.75) is 50.5 Å². The summed E-state index contributed by atoms with van der Waals surface area (Å²) in [4.78, 5) is -0.00521. The van der Waals surface area contributed by atoms with E-state index in [2.05, 4.69) is 4.72 Å². The molecule has 0 radical (unpaired) electrons. The molecule has 1 aliphatic carbocycles. The molecule has 0 aromatic heterocycles. The number of hydrogen-bond donors (Lipinski definition) is 2. The predicted molar refractivity (Wildman–Crippen MR) is 80.8 cm³/mol. The molecule has 0 bridgehead atoms. The third kappa shape index (κ3) is 4.02. The zero-order chi connectivity index (χ0) is 15.5. The fourth-order valence-corrected chi connectivity index (χ4v) is 4.23. The lowest BCUT2D eigenvalue weighted by atomic mass is 10.1. The summed E-state index contributed by atoms with van der Waals surface area (Å²) in [5, 5.41) is 0. The molecule has 0 amide bonds. The van der Waals surface area contributed by atoms with Crippen LogP contribution >= 0.6 is 0 Å². The topological polar surface area (TPSA) is 72.2 Å². The Bertz CT molecular complexity index is 596. The number of sulfonamides is 1. The molecule has 4 nitrogen and oxygen atoms in total. The molecule has 0 atom stereocenters. The van der Waals surface area contributed by atoms with E-state index in [1.807, 2.05) is 0 Å². The fourth-order valence-electron chi connectivity index (χ4n) is 2.88. The molecule has 118 valence electrons. The lowest BCUT2D eigenvalue weighted by molar-refractivity contribution is 0.495. The van der Waals surface area contributed by atoms with Gasteiger partial charge in [0.1, 0.15) is 5.82 Å². The Balaban J connectivity index is 2.09. The molecule has 1 aromatic carbocycles. The fraction of sp³-hybridized carbons (Fsp3) is 0.600. The maximum atomic E-state index is 13.8. The van der Waals surface area contributed by atoms with E-state index in [0.29, 0.717) is 18.0 Å². The van der Waals surface area contributed by atoms with E-state index >= 15 is 0 Å². The molecular weight excluding hydrogens is 291 g/mol. The third-order valence-electron chi connectivity index (χ3n) is 4.20. The molecule has 1 aromatic rings. The Morgan fingerprint density at radius 2 is 2.00 bits per heavy atom. The lowest BCUT2D eigenvalue weighted by Crippen LogP contribution is -2.27. The van der Waals surface area contributed by atoms with E-state index in [-0.39, 0.29) is 17.0 Å². The summed E-state index contributed by atoms with van der Waals surface area (Å²) in [6, 6.07) is 2.74. The van der Waals surface area contributed by atoms with Gasteiger partial charge in [0.2, 0.25) is 10.0 Å². The van der Waals surface area contributed by atoms with Crippen molar-refractivity contribution in [2.24, 2.45) is 11.7 Å². The number of rotatable bonds is 6. The second-order valence-corrected chi connectivity index (χ2v) is 7.48. The van der Waals surface area contributed by atoms with E-state index in [4.69, 9.17) is 5.73 Å². The van der Waals surface area contributed by atoms with Crippen LogP contribution in [-0.4, -0.2) is 15.0 Å². The van der Waals surface area contributed by atoms with Crippen molar-refractivity contribution >= 4 is 10.0 Å². The summed E-state index contributed by atoms with van der Waals surface area (Å²) < 4.78 is 41.0. The highest BCUT2D eigenvalue weighted by molar-refractivity contribution is 7.89. The molecule has 1 saturated carbocycles.